The Kier molecular flexibility index (Phi) is 5.50. The third-order valence-electron chi connectivity index (χ3n) is 2.90. The van der Waals surface area contributed by atoms with Crippen molar-refractivity contribution in [3.05, 3.63) is 54.1 Å². The number of benzene rings is 2. The van der Waals surface area contributed by atoms with Crippen molar-refractivity contribution in [3.63, 3.8) is 0 Å². The number of aryl methyl sites for hydroxylation is 1. The number of anilines is 1. The molecule has 0 unspecified atom stereocenters. The molecule has 0 aliphatic carbocycles. The molecule has 0 spiro atoms. The van der Waals surface area contributed by atoms with Crippen LogP contribution >= 0.6 is 0 Å². The molecule has 112 valence electrons. The first-order valence-electron chi connectivity index (χ1n) is 7.33. The van der Waals surface area contributed by atoms with E-state index in [0.29, 0.717) is 6.61 Å². The Morgan fingerprint density at radius 3 is 2.52 bits per heavy atom. The molecule has 3 nitrogen and oxygen atoms in total. The minimum Gasteiger partial charge on any atom is -0.492 e. The van der Waals surface area contributed by atoms with Gasteiger partial charge in [0.25, 0.3) is 0 Å². The lowest BCUT2D eigenvalue weighted by Crippen LogP contribution is -2.12. The summed E-state index contributed by atoms with van der Waals surface area (Å²) in [6, 6.07) is 16.1. The van der Waals surface area contributed by atoms with Gasteiger partial charge in [0, 0.05) is 18.3 Å². The monoisotopic (exact) mass is 285 g/mol. The second-order valence-electron chi connectivity index (χ2n) is 5.29. The normalized spacial score (nSPS) is 10.5. The van der Waals surface area contributed by atoms with Crippen LogP contribution in [0.1, 0.15) is 19.4 Å². The third kappa shape index (κ3) is 5.38. The molecule has 2 aromatic rings. The van der Waals surface area contributed by atoms with Crippen LogP contribution in [0.25, 0.3) is 0 Å². The van der Waals surface area contributed by atoms with E-state index in [1.165, 1.54) is 5.56 Å². The molecule has 0 aromatic heterocycles. The van der Waals surface area contributed by atoms with Crippen molar-refractivity contribution in [1.82, 2.24) is 0 Å². The Morgan fingerprint density at radius 2 is 1.76 bits per heavy atom. The highest BCUT2D eigenvalue weighted by Crippen LogP contribution is 2.18. The largest absolute Gasteiger partial charge is 0.492 e. The summed E-state index contributed by atoms with van der Waals surface area (Å²) in [5.41, 5.74) is 2.25. The fourth-order valence-corrected chi connectivity index (χ4v) is 2.02. The molecule has 21 heavy (non-hydrogen) atoms. The minimum atomic E-state index is 0.185. The predicted octanol–water partition coefficient (Wildman–Crippen LogP) is 4.27. The van der Waals surface area contributed by atoms with Crippen LogP contribution < -0.4 is 14.8 Å². The second-order valence-corrected chi connectivity index (χ2v) is 5.29. The smallest absolute Gasteiger partial charge is 0.121 e. The van der Waals surface area contributed by atoms with Gasteiger partial charge in [-0.25, -0.2) is 0 Å². The SMILES string of the molecule is Cc1cccc(OCCNc2cccc(OC(C)C)c2)c1. The molecule has 0 atom stereocenters. The first kappa shape index (κ1) is 15.2. The standard InChI is InChI=1S/C18H23NO2/c1-14(2)21-18-9-5-7-16(13-18)19-10-11-20-17-8-4-6-15(3)12-17/h4-9,12-14,19H,10-11H2,1-3H3. The van der Waals surface area contributed by atoms with Crippen LogP contribution in [0.15, 0.2) is 48.5 Å². The number of rotatable bonds is 7. The van der Waals surface area contributed by atoms with Gasteiger partial charge in [0.1, 0.15) is 18.1 Å². The molecule has 2 aromatic carbocycles. The van der Waals surface area contributed by atoms with Crippen molar-refractivity contribution in [3.8, 4) is 11.5 Å². The van der Waals surface area contributed by atoms with E-state index in [1.807, 2.05) is 56.3 Å². The minimum absolute atomic E-state index is 0.185. The lowest BCUT2D eigenvalue weighted by atomic mass is 10.2. The van der Waals surface area contributed by atoms with Gasteiger partial charge in [-0.15, -0.1) is 0 Å². The van der Waals surface area contributed by atoms with Crippen LogP contribution in [0, 0.1) is 6.92 Å². The molecule has 0 saturated heterocycles. The van der Waals surface area contributed by atoms with E-state index in [1.54, 1.807) is 0 Å². The van der Waals surface area contributed by atoms with Crippen molar-refractivity contribution in [2.75, 3.05) is 18.5 Å². The zero-order valence-electron chi connectivity index (χ0n) is 12.9. The van der Waals surface area contributed by atoms with Crippen molar-refractivity contribution < 1.29 is 9.47 Å². The number of hydrogen-bond acceptors (Lipinski definition) is 3. The maximum Gasteiger partial charge on any atom is 0.121 e. The summed E-state index contributed by atoms with van der Waals surface area (Å²) in [7, 11) is 0. The van der Waals surface area contributed by atoms with Gasteiger partial charge >= 0.3 is 0 Å². The molecule has 0 bridgehead atoms. The van der Waals surface area contributed by atoms with Crippen molar-refractivity contribution in [1.29, 1.82) is 0 Å². The van der Waals surface area contributed by atoms with E-state index in [0.717, 1.165) is 23.7 Å². The van der Waals surface area contributed by atoms with Crippen molar-refractivity contribution >= 4 is 5.69 Å². The van der Waals surface area contributed by atoms with Gasteiger partial charge in [-0.05, 0) is 50.6 Å². The summed E-state index contributed by atoms with van der Waals surface area (Å²) >= 11 is 0. The first-order valence-corrected chi connectivity index (χ1v) is 7.33. The fraction of sp³-hybridized carbons (Fsp3) is 0.333. The summed E-state index contributed by atoms with van der Waals surface area (Å²) < 4.78 is 11.4. The van der Waals surface area contributed by atoms with E-state index in [4.69, 9.17) is 9.47 Å². The molecule has 0 saturated carbocycles. The Hall–Kier alpha value is -2.16. The molecule has 0 fully saturated rings. The lowest BCUT2D eigenvalue weighted by molar-refractivity contribution is 0.242. The average Bonchev–Trinajstić information content (AvgIpc) is 2.43. The van der Waals surface area contributed by atoms with Crippen molar-refractivity contribution in [2.24, 2.45) is 0 Å². The highest BCUT2D eigenvalue weighted by atomic mass is 16.5. The molecule has 0 amide bonds. The van der Waals surface area contributed by atoms with Gasteiger partial charge in [-0.2, -0.15) is 0 Å². The molecule has 0 heterocycles. The third-order valence-corrected chi connectivity index (χ3v) is 2.90. The summed E-state index contributed by atoms with van der Waals surface area (Å²) in [6.07, 6.45) is 0.185. The van der Waals surface area contributed by atoms with Crippen LogP contribution in [-0.4, -0.2) is 19.3 Å². The molecule has 0 aliphatic heterocycles. The van der Waals surface area contributed by atoms with E-state index in [9.17, 15) is 0 Å². The fourth-order valence-electron chi connectivity index (χ4n) is 2.02. The average molecular weight is 285 g/mol. The predicted molar refractivity (Wildman–Crippen MR) is 87.4 cm³/mol. The number of ether oxygens (including phenoxy) is 2. The van der Waals surface area contributed by atoms with Gasteiger partial charge in [0.05, 0.1) is 6.10 Å². The molecule has 1 N–H and O–H groups in total. The van der Waals surface area contributed by atoms with Crippen LogP contribution in [0.5, 0.6) is 11.5 Å². The molecular weight excluding hydrogens is 262 g/mol. The Labute approximate surface area is 126 Å². The van der Waals surface area contributed by atoms with E-state index < -0.39 is 0 Å². The second kappa shape index (κ2) is 7.58. The van der Waals surface area contributed by atoms with E-state index >= 15 is 0 Å². The summed E-state index contributed by atoms with van der Waals surface area (Å²) in [6.45, 7) is 7.48. The number of nitrogens with one attached hydrogen (secondary N) is 1. The van der Waals surface area contributed by atoms with Gasteiger partial charge in [-0.1, -0.05) is 18.2 Å². The van der Waals surface area contributed by atoms with E-state index in [-0.39, 0.29) is 6.10 Å². The zero-order valence-corrected chi connectivity index (χ0v) is 12.9. The topological polar surface area (TPSA) is 30.5 Å². The van der Waals surface area contributed by atoms with Crippen LogP contribution in [0.4, 0.5) is 5.69 Å². The molecular formula is C18H23NO2. The Bertz CT molecular complexity index is 567. The zero-order chi connectivity index (χ0) is 15.1. The maximum absolute atomic E-state index is 5.71. The van der Waals surface area contributed by atoms with Crippen LogP contribution in [0.3, 0.4) is 0 Å². The number of hydrogen-bond donors (Lipinski definition) is 1. The highest BCUT2D eigenvalue weighted by molar-refractivity contribution is 5.48. The maximum atomic E-state index is 5.71. The Morgan fingerprint density at radius 1 is 1.00 bits per heavy atom. The van der Waals surface area contributed by atoms with Gasteiger partial charge in [0.15, 0.2) is 0 Å². The molecule has 0 aliphatic rings. The molecule has 2 rings (SSSR count). The van der Waals surface area contributed by atoms with Gasteiger partial charge in [-0.3, -0.25) is 0 Å². The summed E-state index contributed by atoms with van der Waals surface area (Å²) in [5, 5.41) is 3.34. The van der Waals surface area contributed by atoms with Gasteiger partial charge in [0.2, 0.25) is 0 Å². The van der Waals surface area contributed by atoms with Crippen LogP contribution in [-0.2, 0) is 0 Å². The van der Waals surface area contributed by atoms with E-state index in [2.05, 4.69) is 18.3 Å². The lowest BCUT2D eigenvalue weighted by Gasteiger charge is -2.12. The highest BCUT2D eigenvalue weighted by Gasteiger charge is 1.99. The van der Waals surface area contributed by atoms with Gasteiger partial charge < -0.3 is 14.8 Å². The first-order chi connectivity index (χ1) is 10.1. The quantitative estimate of drug-likeness (QED) is 0.770. The summed E-state index contributed by atoms with van der Waals surface area (Å²) in [5.74, 6) is 1.79. The summed E-state index contributed by atoms with van der Waals surface area (Å²) in [4.78, 5) is 0. The Balaban J connectivity index is 1.78. The molecule has 3 heteroatoms. The van der Waals surface area contributed by atoms with Crippen LogP contribution in [0.2, 0.25) is 0 Å². The molecule has 0 radical (unpaired) electrons. The van der Waals surface area contributed by atoms with Crippen molar-refractivity contribution in [2.45, 2.75) is 26.9 Å².